The van der Waals surface area contributed by atoms with E-state index in [9.17, 15) is 0 Å². The van der Waals surface area contributed by atoms with E-state index in [0.29, 0.717) is 24.7 Å². The van der Waals surface area contributed by atoms with Gasteiger partial charge in [0.15, 0.2) is 5.82 Å². The number of hydrogen-bond acceptors (Lipinski definition) is 5. The zero-order chi connectivity index (χ0) is 12.3. The second-order valence-electron chi connectivity index (χ2n) is 4.64. The number of pyridine rings is 1. The second kappa shape index (κ2) is 4.63. The Labute approximate surface area is 100 Å². The fourth-order valence-electron chi connectivity index (χ4n) is 1.37. The topological polar surface area (TPSA) is 77.8 Å². The fourth-order valence-corrected chi connectivity index (χ4v) is 1.37. The molecule has 17 heavy (non-hydrogen) atoms. The molecule has 0 fully saturated rings. The van der Waals surface area contributed by atoms with Crippen molar-refractivity contribution in [2.45, 2.75) is 25.7 Å². The summed E-state index contributed by atoms with van der Waals surface area (Å²) in [6, 6.07) is 3.87. The summed E-state index contributed by atoms with van der Waals surface area (Å²) < 4.78 is 5.23. The molecule has 90 valence electrons. The molecule has 0 bridgehead atoms. The molecule has 0 unspecified atom stereocenters. The van der Waals surface area contributed by atoms with Gasteiger partial charge in [-0.05, 0) is 25.5 Å². The van der Waals surface area contributed by atoms with Gasteiger partial charge in [0.1, 0.15) is 0 Å². The minimum atomic E-state index is -0.278. The summed E-state index contributed by atoms with van der Waals surface area (Å²) in [5.74, 6) is 1.24. The van der Waals surface area contributed by atoms with Crippen molar-refractivity contribution in [2.75, 3.05) is 6.54 Å². The Hall–Kier alpha value is -1.75. The predicted molar refractivity (Wildman–Crippen MR) is 63.4 cm³/mol. The third kappa shape index (κ3) is 2.68. The average molecular weight is 232 g/mol. The van der Waals surface area contributed by atoms with Gasteiger partial charge in [0.05, 0.1) is 5.41 Å². The van der Waals surface area contributed by atoms with Crippen molar-refractivity contribution in [3.63, 3.8) is 0 Å². The number of aromatic nitrogens is 3. The average Bonchev–Trinajstić information content (AvgIpc) is 2.80. The molecule has 0 amide bonds. The van der Waals surface area contributed by atoms with Crippen LogP contribution in [0.2, 0.25) is 0 Å². The number of nitrogens with zero attached hydrogens (tertiary/aromatic N) is 3. The standard InChI is InChI=1S/C12H16N4O/c1-12(2,8-13)11-15-10(16-17-11)6-9-4-3-5-14-7-9/h3-5,7H,6,8,13H2,1-2H3. The number of hydrogen-bond donors (Lipinski definition) is 1. The molecule has 0 aliphatic carbocycles. The first-order valence-electron chi connectivity index (χ1n) is 5.54. The number of rotatable bonds is 4. The molecule has 0 spiro atoms. The smallest absolute Gasteiger partial charge is 0.233 e. The van der Waals surface area contributed by atoms with E-state index in [1.165, 1.54) is 0 Å². The molecular weight excluding hydrogens is 216 g/mol. The number of nitrogens with two attached hydrogens (primary N) is 1. The van der Waals surface area contributed by atoms with Gasteiger partial charge in [0.25, 0.3) is 0 Å². The van der Waals surface area contributed by atoms with E-state index in [1.807, 2.05) is 26.0 Å². The van der Waals surface area contributed by atoms with Gasteiger partial charge in [-0.3, -0.25) is 4.98 Å². The molecule has 0 radical (unpaired) electrons. The molecule has 0 saturated carbocycles. The first-order chi connectivity index (χ1) is 8.12. The maximum absolute atomic E-state index is 5.66. The third-order valence-corrected chi connectivity index (χ3v) is 2.64. The monoisotopic (exact) mass is 232 g/mol. The van der Waals surface area contributed by atoms with Crippen LogP contribution in [0.15, 0.2) is 29.0 Å². The van der Waals surface area contributed by atoms with Crippen molar-refractivity contribution in [3.8, 4) is 0 Å². The molecule has 0 aromatic carbocycles. The van der Waals surface area contributed by atoms with Gasteiger partial charge in [0, 0.05) is 25.4 Å². The Balaban J connectivity index is 2.14. The molecule has 5 heteroatoms. The van der Waals surface area contributed by atoms with Crippen molar-refractivity contribution in [3.05, 3.63) is 41.8 Å². The Morgan fingerprint density at radius 1 is 1.41 bits per heavy atom. The van der Waals surface area contributed by atoms with E-state index < -0.39 is 0 Å². The fraction of sp³-hybridized carbons (Fsp3) is 0.417. The lowest BCUT2D eigenvalue weighted by Crippen LogP contribution is -2.28. The molecule has 2 aromatic rings. The largest absolute Gasteiger partial charge is 0.339 e. The van der Waals surface area contributed by atoms with E-state index in [2.05, 4.69) is 15.1 Å². The highest BCUT2D eigenvalue weighted by Gasteiger charge is 2.25. The summed E-state index contributed by atoms with van der Waals surface area (Å²) in [6.45, 7) is 4.43. The molecular formula is C12H16N4O. The van der Waals surface area contributed by atoms with Crippen LogP contribution in [0.5, 0.6) is 0 Å². The van der Waals surface area contributed by atoms with Crippen LogP contribution in [0.25, 0.3) is 0 Å². The van der Waals surface area contributed by atoms with E-state index >= 15 is 0 Å². The molecule has 0 aliphatic heterocycles. The lowest BCUT2D eigenvalue weighted by molar-refractivity contribution is 0.309. The van der Waals surface area contributed by atoms with E-state index in [1.54, 1.807) is 12.4 Å². The van der Waals surface area contributed by atoms with Gasteiger partial charge in [0.2, 0.25) is 5.89 Å². The molecule has 0 atom stereocenters. The van der Waals surface area contributed by atoms with Crippen LogP contribution < -0.4 is 5.73 Å². The summed E-state index contributed by atoms with van der Waals surface area (Å²) in [7, 11) is 0. The Kier molecular flexibility index (Phi) is 3.19. The van der Waals surface area contributed by atoms with E-state index in [-0.39, 0.29) is 5.41 Å². The molecule has 2 rings (SSSR count). The Morgan fingerprint density at radius 2 is 2.24 bits per heavy atom. The highest BCUT2D eigenvalue weighted by atomic mass is 16.5. The molecule has 2 heterocycles. The highest BCUT2D eigenvalue weighted by Crippen LogP contribution is 2.19. The minimum absolute atomic E-state index is 0.278. The maximum Gasteiger partial charge on any atom is 0.233 e. The maximum atomic E-state index is 5.66. The summed E-state index contributed by atoms with van der Waals surface area (Å²) >= 11 is 0. The van der Waals surface area contributed by atoms with Crippen LogP contribution in [0, 0.1) is 0 Å². The molecule has 0 saturated heterocycles. The van der Waals surface area contributed by atoms with Crippen LogP contribution in [0.1, 0.15) is 31.1 Å². The van der Waals surface area contributed by atoms with Gasteiger partial charge < -0.3 is 10.3 Å². The van der Waals surface area contributed by atoms with Gasteiger partial charge in [-0.2, -0.15) is 4.98 Å². The third-order valence-electron chi connectivity index (χ3n) is 2.64. The SMILES string of the molecule is CC(C)(CN)c1nc(Cc2cccnc2)no1. The van der Waals surface area contributed by atoms with E-state index in [4.69, 9.17) is 10.3 Å². The summed E-state index contributed by atoms with van der Waals surface area (Å²) in [5, 5.41) is 3.96. The lowest BCUT2D eigenvalue weighted by atomic mass is 9.94. The molecule has 2 N–H and O–H groups in total. The zero-order valence-electron chi connectivity index (χ0n) is 10.1. The first-order valence-corrected chi connectivity index (χ1v) is 5.54. The Bertz CT molecular complexity index is 478. The van der Waals surface area contributed by atoms with E-state index in [0.717, 1.165) is 5.56 Å². The normalized spacial score (nSPS) is 11.7. The van der Waals surface area contributed by atoms with Crippen molar-refractivity contribution in [1.29, 1.82) is 0 Å². The van der Waals surface area contributed by atoms with Gasteiger partial charge in [-0.1, -0.05) is 11.2 Å². The first kappa shape index (κ1) is 11.7. The highest BCUT2D eigenvalue weighted by molar-refractivity contribution is 5.14. The van der Waals surface area contributed by atoms with Gasteiger partial charge in [-0.25, -0.2) is 0 Å². The van der Waals surface area contributed by atoms with Crippen molar-refractivity contribution in [2.24, 2.45) is 5.73 Å². The Morgan fingerprint density at radius 3 is 2.88 bits per heavy atom. The predicted octanol–water partition coefficient (Wildman–Crippen LogP) is 1.29. The van der Waals surface area contributed by atoms with Crippen molar-refractivity contribution < 1.29 is 4.52 Å². The van der Waals surface area contributed by atoms with Gasteiger partial charge >= 0.3 is 0 Å². The summed E-state index contributed by atoms with van der Waals surface area (Å²) in [4.78, 5) is 8.41. The van der Waals surface area contributed by atoms with Crippen LogP contribution in [0.4, 0.5) is 0 Å². The minimum Gasteiger partial charge on any atom is -0.339 e. The van der Waals surface area contributed by atoms with Crippen LogP contribution in [-0.2, 0) is 11.8 Å². The molecule has 2 aromatic heterocycles. The van der Waals surface area contributed by atoms with Crippen LogP contribution in [-0.4, -0.2) is 21.7 Å². The lowest BCUT2D eigenvalue weighted by Gasteiger charge is -2.15. The zero-order valence-corrected chi connectivity index (χ0v) is 10.1. The second-order valence-corrected chi connectivity index (χ2v) is 4.64. The van der Waals surface area contributed by atoms with Gasteiger partial charge in [-0.15, -0.1) is 0 Å². The van der Waals surface area contributed by atoms with Crippen molar-refractivity contribution in [1.82, 2.24) is 15.1 Å². The quantitative estimate of drug-likeness (QED) is 0.859. The van der Waals surface area contributed by atoms with Crippen molar-refractivity contribution >= 4 is 0 Å². The van der Waals surface area contributed by atoms with Crippen LogP contribution in [0.3, 0.4) is 0 Å². The summed E-state index contributed by atoms with van der Waals surface area (Å²) in [5.41, 5.74) is 6.45. The molecule has 5 nitrogen and oxygen atoms in total. The van der Waals surface area contributed by atoms with Crippen LogP contribution >= 0.6 is 0 Å². The summed E-state index contributed by atoms with van der Waals surface area (Å²) in [6.07, 6.45) is 4.16. The molecule has 0 aliphatic rings.